The number of anilines is 2. The van der Waals surface area contributed by atoms with Gasteiger partial charge in [-0.3, -0.25) is 33.7 Å². The van der Waals surface area contributed by atoms with E-state index in [1.54, 1.807) is 18.2 Å². The van der Waals surface area contributed by atoms with Crippen molar-refractivity contribution in [3.05, 3.63) is 95.6 Å². The van der Waals surface area contributed by atoms with Crippen LogP contribution < -0.4 is 42.1 Å². The normalized spacial score (nSPS) is 19.6. The quantitative estimate of drug-likeness (QED) is 0.0795. The molecule has 0 unspecified atom stereocenters. The van der Waals surface area contributed by atoms with Crippen LogP contribution in [0.2, 0.25) is 0 Å². The molecule has 7 amide bonds. The standard InChI is InChI=1S/C32H39N5O5.C24H33N5O3.C2H3N.CH4/c1-32(2,3)18-25(29(39)35-24(19-33)16-23-13-9-15-34-28(23)38)36-30(40)27-17-22-12-7-8-14-26(22)37(27)31(41)42-20-21-10-5-4-6-11-21;1-24(2,3)13-20(29-22(31)19-12-15-7-4-5-9-18(15)28-19)23(32)27-17(14-25)11-16-8-6-10-26-21(16)30;1-2-3;/h4-8,10-12,14,23-25,27H,9,13,15-18,20H2,1-3H3,(H,34,38)(H,35,39)(H,36,40);4-5,7,9,16-17,19-20,28H,6,8,10-13H2,1-3H3,(H,26,30)(H,27,32)(H,29,31);1H3;1H4/t23-,24-,25-,27+;16-,17-,19+,20-;;/m00../s1. The molecule has 19 nitrogen and oxygen atoms in total. The van der Waals surface area contributed by atoms with Crippen molar-refractivity contribution in [1.29, 1.82) is 15.8 Å². The van der Waals surface area contributed by atoms with E-state index in [4.69, 9.17) is 10.00 Å². The molecule has 4 heterocycles. The lowest BCUT2D eigenvalue weighted by atomic mass is 9.87. The molecule has 3 aromatic carbocycles. The van der Waals surface area contributed by atoms with Crippen LogP contribution in [-0.2, 0) is 53.0 Å². The van der Waals surface area contributed by atoms with E-state index >= 15 is 0 Å². The Morgan fingerprint density at radius 1 is 0.667 bits per heavy atom. The number of hydrogen-bond donors (Lipinski definition) is 7. The zero-order valence-electron chi connectivity index (χ0n) is 45.4. The van der Waals surface area contributed by atoms with Gasteiger partial charge < -0.3 is 42.0 Å². The zero-order chi connectivity index (χ0) is 56.3. The van der Waals surface area contributed by atoms with Gasteiger partial charge in [-0.1, -0.05) is 116 Å². The first-order chi connectivity index (χ1) is 36.6. The van der Waals surface area contributed by atoms with E-state index in [1.807, 2.05) is 108 Å². The van der Waals surface area contributed by atoms with Gasteiger partial charge in [-0.25, -0.2) is 4.79 Å². The van der Waals surface area contributed by atoms with Gasteiger partial charge >= 0.3 is 6.09 Å². The van der Waals surface area contributed by atoms with E-state index in [2.05, 4.69) is 49.4 Å². The number of amides is 7. The lowest BCUT2D eigenvalue weighted by molar-refractivity contribution is -0.131. The van der Waals surface area contributed by atoms with E-state index < -0.39 is 60.1 Å². The highest BCUT2D eigenvalue weighted by Gasteiger charge is 2.42. The number of rotatable bonds is 16. The number of carbonyl (C=O) groups excluding carboxylic acids is 7. The lowest BCUT2D eigenvalue weighted by Gasteiger charge is -2.30. The van der Waals surface area contributed by atoms with Crippen molar-refractivity contribution in [3.63, 3.8) is 0 Å². The van der Waals surface area contributed by atoms with Crippen LogP contribution in [0.15, 0.2) is 78.9 Å². The summed E-state index contributed by atoms with van der Waals surface area (Å²) in [6.45, 7) is 14.6. The molecule has 2 saturated heterocycles. The number of piperidine rings is 2. The zero-order valence-corrected chi connectivity index (χ0v) is 45.4. The van der Waals surface area contributed by atoms with Crippen molar-refractivity contribution < 1.29 is 38.3 Å². The van der Waals surface area contributed by atoms with Gasteiger partial charge in [0, 0.05) is 50.4 Å². The number of nitrogens with zero attached hydrogens (tertiary/aromatic N) is 4. The van der Waals surface area contributed by atoms with E-state index in [9.17, 15) is 44.1 Å². The Hall–Kier alpha value is -7.98. The van der Waals surface area contributed by atoms with Gasteiger partial charge in [0.05, 0.1) is 23.9 Å². The molecule has 0 aromatic heterocycles. The molecule has 7 N–H and O–H groups in total. The topological polar surface area (TPSA) is 288 Å². The minimum Gasteiger partial charge on any atom is -0.444 e. The van der Waals surface area contributed by atoms with E-state index in [0.29, 0.717) is 50.9 Å². The van der Waals surface area contributed by atoms with Gasteiger partial charge in [0.25, 0.3) is 0 Å². The summed E-state index contributed by atoms with van der Waals surface area (Å²) >= 11 is 0. The second kappa shape index (κ2) is 29.5. The second-order valence-corrected chi connectivity index (χ2v) is 22.3. The van der Waals surface area contributed by atoms with Crippen LogP contribution in [0, 0.1) is 56.7 Å². The number of para-hydroxylation sites is 2. The van der Waals surface area contributed by atoms with Crippen LogP contribution in [-0.4, -0.2) is 90.9 Å². The summed E-state index contributed by atoms with van der Waals surface area (Å²) < 4.78 is 5.59. The monoisotopic (exact) mass is 1070 g/mol. The summed E-state index contributed by atoms with van der Waals surface area (Å²) in [6.07, 6.45) is 4.39. The highest BCUT2D eigenvalue weighted by atomic mass is 16.6. The predicted octanol–water partition coefficient (Wildman–Crippen LogP) is 6.64. The molecule has 0 spiro atoms. The maximum absolute atomic E-state index is 13.8. The Balaban J connectivity index is 0.000000327. The Morgan fingerprint density at radius 3 is 1.63 bits per heavy atom. The first-order valence-electron chi connectivity index (χ1n) is 26.4. The van der Waals surface area contributed by atoms with Crippen LogP contribution >= 0.6 is 0 Å². The van der Waals surface area contributed by atoms with Crippen LogP contribution in [0.4, 0.5) is 16.2 Å². The maximum atomic E-state index is 13.8. The maximum Gasteiger partial charge on any atom is 0.415 e. The fourth-order valence-corrected chi connectivity index (χ4v) is 9.77. The Kier molecular flexibility index (Phi) is 23.7. The smallest absolute Gasteiger partial charge is 0.415 e. The summed E-state index contributed by atoms with van der Waals surface area (Å²) in [5, 5.41) is 46.7. The highest BCUT2D eigenvalue weighted by Crippen LogP contribution is 2.34. The van der Waals surface area contributed by atoms with Crippen LogP contribution in [0.25, 0.3) is 0 Å². The van der Waals surface area contributed by atoms with Crippen molar-refractivity contribution >= 4 is 52.9 Å². The fourth-order valence-electron chi connectivity index (χ4n) is 9.77. The lowest BCUT2D eigenvalue weighted by Crippen LogP contribution is -2.56. The first kappa shape index (κ1) is 62.6. The van der Waals surface area contributed by atoms with Crippen LogP contribution in [0.3, 0.4) is 0 Å². The van der Waals surface area contributed by atoms with Crippen molar-refractivity contribution in [1.82, 2.24) is 31.9 Å². The summed E-state index contributed by atoms with van der Waals surface area (Å²) in [7, 11) is 0. The summed E-state index contributed by atoms with van der Waals surface area (Å²) in [5.74, 6) is -2.47. The van der Waals surface area contributed by atoms with E-state index in [1.165, 1.54) is 11.8 Å². The van der Waals surface area contributed by atoms with Crippen molar-refractivity contribution in [2.24, 2.45) is 22.7 Å². The molecule has 78 heavy (non-hydrogen) atoms. The minimum atomic E-state index is -0.959. The molecular weight excluding hydrogens is 991 g/mol. The van der Waals surface area contributed by atoms with Gasteiger partial charge in [0.15, 0.2) is 0 Å². The molecule has 8 atom stereocenters. The predicted molar refractivity (Wildman–Crippen MR) is 296 cm³/mol. The molecule has 0 radical (unpaired) electrons. The Bertz CT molecular complexity index is 2660. The Morgan fingerprint density at radius 2 is 1.14 bits per heavy atom. The van der Waals surface area contributed by atoms with Gasteiger partial charge in [0.1, 0.15) is 42.9 Å². The number of nitriles is 3. The number of benzene rings is 3. The average molecular weight is 1070 g/mol. The van der Waals surface area contributed by atoms with Gasteiger partial charge in [-0.05, 0) is 91.0 Å². The molecule has 4 aliphatic heterocycles. The largest absolute Gasteiger partial charge is 0.444 e. The van der Waals surface area contributed by atoms with Crippen LogP contribution in [0.5, 0.6) is 0 Å². The number of ether oxygens (including phenoxy) is 1. The molecule has 0 aliphatic carbocycles. The fraction of sp³-hybridized carbons (Fsp3) is 0.525. The SMILES string of the molecule is C.CC#N.CC(C)(C)C[C@H](NC(=O)[C@H]1Cc2ccccc2N1)C(=O)N[C@H](C#N)C[C@@H]1CCCNC1=O.CC(C)(C)C[C@H](NC(=O)[C@H]1Cc2ccccc2N1C(=O)OCc1ccccc1)C(=O)N[C@H](C#N)C[C@@H]1CCCNC1=O. The first-order valence-corrected chi connectivity index (χ1v) is 26.4. The van der Waals surface area contributed by atoms with Crippen molar-refractivity contribution in [2.75, 3.05) is 23.3 Å². The third kappa shape index (κ3) is 18.9. The second-order valence-electron chi connectivity index (χ2n) is 22.3. The molecule has 3 aromatic rings. The molecule has 0 saturated carbocycles. The van der Waals surface area contributed by atoms with E-state index in [0.717, 1.165) is 35.2 Å². The van der Waals surface area contributed by atoms with Gasteiger partial charge in [0.2, 0.25) is 35.4 Å². The highest BCUT2D eigenvalue weighted by molar-refractivity contribution is 6.02. The van der Waals surface area contributed by atoms with Crippen LogP contribution in [0.1, 0.15) is 124 Å². The number of nitrogens with one attached hydrogen (secondary N) is 7. The minimum absolute atomic E-state index is 0. The van der Waals surface area contributed by atoms with Crippen molar-refractivity contribution in [3.8, 4) is 18.2 Å². The summed E-state index contributed by atoms with van der Waals surface area (Å²) in [4.78, 5) is 92.2. The molecule has 0 bridgehead atoms. The molecule has 2 fully saturated rings. The number of fused-ring (bicyclic) bond motifs is 2. The summed E-state index contributed by atoms with van der Waals surface area (Å²) in [5.41, 5.74) is 3.67. The molecule has 418 valence electrons. The molecule has 7 rings (SSSR count). The third-order valence-electron chi connectivity index (χ3n) is 13.5. The number of hydrogen-bond acceptors (Lipinski definition) is 12. The molecular formula is C59H79N11O8. The van der Waals surface area contributed by atoms with Crippen molar-refractivity contribution in [2.45, 2.75) is 163 Å². The van der Waals surface area contributed by atoms with Gasteiger partial charge in [-0.15, -0.1) is 0 Å². The molecule has 19 heteroatoms. The average Bonchev–Trinajstić information content (AvgIpc) is 4.02. The van der Waals surface area contributed by atoms with E-state index in [-0.39, 0.29) is 73.7 Å². The number of carbonyl (C=O) groups is 7. The third-order valence-corrected chi connectivity index (χ3v) is 13.5. The van der Waals surface area contributed by atoms with Gasteiger partial charge in [-0.2, -0.15) is 15.8 Å². The Labute approximate surface area is 460 Å². The molecule has 4 aliphatic rings. The summed E-state index contributed by atoms with van der Waals surface area (Å²) in [6, 6.07) is 25.5.